The summed E-state index contributed by atoms with van der Waals surface area (Å²) in [7, 11) is 0. The van der Waals surface area contributed by atoms with Crippen LogP contribution in [0.2, 0.25) is 0 Å². The lowest BCUT2D eigenvalue weighted by molar-refractivity contribution is -0.137. The van der Waals surface area contributed by atoms with Crippen molar-refractivity contribution in [3.8, 4) is 95.3 Å². The van der Waals surface area contributed by atoms with Gasteiger partial charge in [0.15, 0.2) is 0 Å². The van der Waals surface area contributed by atoms with Gasteiger partial charge in [-0.2, -0.15) is 0 Å². The van der Waals surface area contributed by atoms with Crippen LogP contribution in [-0.2, 0) is 11.2 Å². The van der Waals surface area contributed by atoms with Crippen molar-refractivity contribution >= 4 is 127 Å². The normalized spacial score (nSPS) is 14.6. The number of nitrogens with zero attached hydrogens (tertiary/aromatic N) is 6. The molecule has 2 bridgehead atoms. The van der Waals surface area contributed by atoms with E-state index >= 15 is 0 Å². The van der Waals surface area contributed by atoms with Gasteiger partial charge in [-0.25, -0.2) is 0 Å². The molecule has 0 radical (unpaired) electrons. The van der Waals surface area contributed by atoms with Crippen molar-refractivity contribution in [2.75, 3.05) is 9.80 Å². The van der Waals surface area contributed by atoms with E-state index in [0.29, 0.717) is 29.4 Å². The maximum absolute atomic E-state index is 12.4. The van der Waals surface area contributed by atoms with Crippen molar-refractivity contribution in [2.24, 2.45) is 23.7 Å². The lowest BCUT2D eigenvalue weighted by atomic mass is 9.83. The minimum absolute atomic E-state index is 0.214. The van der Waals surface area contributed by atoms with E-state index in [4.69, 9.17) is 4.74 Å². The molecule has 0 saturated heterocycles. The average molecular weight is 1800 g/mol. The lowest BCUT2D eigenvalue weighted by Crippen LogP contribution is -2.14. The molecule has 24 aromatic rings. The molecule has 4 aromatic heterocycles. The Morgan fingerprint density at radius 3 is 0.771 bits per heavy atom. The SMILES string of the molecule is CC(C)C(=O)Oc1ccc(-c2ccc(N(c3ccc(-c4ccc(-n5c6ccccc6c6ccccc65)cc4)cc3)c3ccc(-c4ccc(-n5c6ccccc6c6cc(CC7C8C=CC7C(c7ccc(-c9ccc(N(c%10ccc(-c%11ccc(-n%12c%13ccccc%13c%13ccccc%13%12)cc%11)cc%10)c%10ccc(-c%11ccc(-n%12c%13ccccc%13c%13ccccc%13%12)cc%11)cc%10)cc9)cc7)C8)ccc65)cc4)cc3)cc2)cc1. The van der Waals surface area contributed by atoms with Gasteiger partial charge in [0.1, 0.15) is 5.75 Å². The van der Waals surface area contributed by atoms with Gasteiger partial charge in [0, 0.05) is 100.0 Å². The van der Waals surface area contributed by atoms with Crippen LogP contribution in [0.1, 0.15) is 37.3 Å². The number of rotatable bonds is 21. The van der Waals surface area contributed by atoms with E-state index in [2.05, 4.69) is 495 Å². The number of hydrogen-bond acceptors (Lipinski definition) is 4. The molecule has 140 heavy (non-hydrogen) atoms. The first-order chi connectivity index (χ1) is 69.1. The molecule has 20 aromatic carbocycles. The molecular weight excluding hydrogens is 1700 g/mol. The second-order valence-corrected chi connectivity index (χ2v) is 38.0. The summed E-state index contributed by atoms with van der Waals surface area (Å²) >= 11 is 0. The maximum atomic E-state index is 12.4. The summed E-state index contributed by atoms with van der Waals surface area (Å²) in [5.41, 5.74) is 37.0. The highest BCUT2D eigenvalue weighted by molar-refractivity contribution is 6.13. The third-order valence-corrected chi connectivity index (χ3v) is 29.7. The van der Waals surface area contributed by atoms with Crippen LogP contribution < -0.4 is 14.5 Å². The van der Waals surface area contributed by atoms with Gasteiger partial charge < -0.3 is 32.8 Å². The molecule has 2 aliphatic rings. The van der Waals surface area contributed by atoms with E-state index in [0.717, 1.165) is 114 Å². The summed E-state index contributed by atoms with van der Waals surface area (Å²) in [6.07, 6.45) is 7.27. The Hall–Kier alpha value is -17.6. The molecule has 666 valence electrons. The Labute approximate surface area is 813 Å². The first kappa shape index (κ1) is 83.0. The van der Waals surface area contributed by atoms with E-state index < -0.39 is 0 Å². The number of aromatic nitrogens is 4. The summed E-state index contributed by atoms with van der Waals surface area (Å²) < 4.78 is 15.2. The van der Waals surface area contributed by atoms with Crippen LogP contribution in [0.25, 0.3) is 177 Å². The van der Waals surface area contributed by atoms with Crippen LogP contribution in [0.4, 0.5) is 34.1 Å². The van der Waals surface area contributed by atoms with Crippen LogP contribution in [0.3, 0.4) is 0 Å². The molecule has 4 atom stereocenters. The number of carbonyl (C=O) groups is 1. The summed E-state index contributed by atoms with van der Waals surface area (Å²) in [5, 5.41) is 10.1. The van der Waals surface area contributed by atoms with Gasteiger partial charge >= 0.3 is 5.97 Å². The first-order valence-electron chi connectivity index (χ1n) is 48.8. The topological polar surface area (TPSA) is 52.5 Å². The Balaban J connectivity index is 0.443. The van der Waals surface area contributed by atoms with Crippen LogP contribution >= 0.6 is 0 Å². The zero-order chi connectivity index (χ0) is 93.0. The van der Waals surface area contributed by atoms with Crippen molar-refractivity contribution in [3.63, 3.8) is 0 Å². The molecule has 0 spiro atoms. The molecule has 4 heterocycles. The molecule has 8 nitrogen and oxygen atoms in total. The standard InChI is InChI=1S/C132H96N6O2/c1-86(2)132(139)140-112-79-56-99(57-80-112)98-46-69-107(70-47-98)134(105-65-42-92(43-66-105)96-52-75-110(76-53-96)137-128-28-14-7-21-118(128)119-22-8-15-29-129(119)137)106-67-44-93(45-68-106)97-54-77-111(78-55-97)138-130-30-16-9-23-120(130)123-84-87(31-82-131(123)138)83-121-101-58-81-113(121)122(85-101)100-34-32-88(33-35-100)89-36-59-102(60-37-89)133(103-61-38-90(39-62-103)94-48-71-108(72-49-94)135-124-24-10-3-17-114(124)115-18-4-11-25-125(115)135)104-63-40-91(41-64-104)95-50-73-109(74-51-95)136-126-26-12-5-19-116(126)117-20-6-13-27-127(117)136/h3-82,84,86,101,113,121-122H,83,85H2,1-2H3. The largest absolute Gasteiger partial charge is 0.426 e. The number of esters is 1. The van der Waals surface area contributed by atoms with E-state index in [1.165, 1.54) is 121 Å². The van der Waals surface area contributed by atoms with Gasteiger partial charge in [-0.15, -0.1) is 0 Å². The van der Waals surface area contributed by atoms with Crippen LogP contribution in [0.5, 0.6) is 5.75 Å². The van der Waals surface area contributed by atoms with Crippen molar-refractivity contribution < 1.29 is 9.53 Å². The minimum Gasteiger partial charge on any atom is -0.426 e. The second kappa shape index (κ2) is 34.6. The minimum atomic E-state index is -0.247. The van der Waals surface area contributed by atoms with Gasteiger partial charge in [0.2, 0.25) is 0 Å². The monoisotopic (exact) mass is 1800 g/mol. The molecule has 4 unspecified atom stereocenters. The molecule has 0 amide bonds. The molecule has 0 N–H and O–H groups in total. The van der Waals surface area contributed by atoms with Gasteiger partial charge in [-0.05, 0) is 302 Å². The van der Waals surface area contributed by atoms with E-state index in [1.54, 1.807) is 0 Å². The molecule has 0 aliphatic heterocycles. The van der Waals surface area contributed by atoms with Gasteiger partial charge in [-0.1, -0.05) is 317 Å². The fraction of sp³-hybridized carbons (Fsp3) is 0.0682. The number of ether oxygens (including phenoxy) is 1. The summed E-state index contributed by atoms with van der Waals surface area (Å²) in [4.78, 5) is 17.2. The van der Waals surface area contributed by atoms with Crippen molar-refractivity contribution in [3.05, 3.63) is 503 Å². The Morgan fingerprint density at radius 2 is 0.500 bits per heavy atom. The third kappa shape index (κ3) is 14.7. The fourth-order valence-corrected chi connectivity index (χ4v) is 22.7. The maximum Gasteiger partial charge on any atom is 0.313 e. The fourth-order valence-electron chi connectivity index (χ4n) is 22.7. The second-order valence-electron chi connectivity index (χ2n) is 38.0. The third-order valence-electron chi connectivity index (χ3n) is 29.7. The number of para-hydroxylation sites is 7. The number of allylic oxidation sites excluding steroid dienone is 2. The molecular formula is C132H96N6O2. The van der Waals surface area contributed by atoms with Gasteiger partial charge in [0.05, 0.1) is 50.1 Å². The smallest absolute Gasteiger partial charge is 0.313 e. The quantitative estimate of drug-likeness (QED) is 0.0409. The zero-order valence-electron chi connectivity index (χ0n) is 77.6. The number of carbonyl (C=O) groups excluding carboxylic acids is 1. The van der Waals surface area contributed by atoms with E-state index in [1.807, 2.05) is 38.1 Å². The highest BCUT2D eigenvalue weighted by atomic mass is 16.5. The van der Waals surface area contributed by atoms with E-state index in [9.17, 15) is 4.79 Å². The van der Waals surface area contributed by atoms with Crippen LogP contribution in [0, 0.1) is 23.7 Å². The van der Waals surface area contributed by atoms with Crippen molar-refractivity contribution in [1.29, 1.82) is 0 Å². The number of benzene rings is 20. The Morgan fingerprint density at radius 1 is 0.264 bits per heavy atom. The van der Waals surface area contributed by atoms with Gasteiger partial charge in [0.25, 0.3) is 0 Å². The van der Waals surface area contributed by atoms with Crippen LogP contribution in [-0.4, -0.2) is 24.2 Å². The predicted molar refractivity (Wildman–Crippen MR) is 583 cm³/mol. The highest BCUT2D eigenvalue weighted by Crippen LogP contribution is 2.55. The summed E-state index contributed by atoms with van der Waals surface area (Å²) in [5.74, 6) is 2.06. The van der Waals surface area contributed by atoms with Crippen LogP contribution in [0.15, 0.2) is 491 Å². The molecule has 1 fully saturated rings. The Bertz CT molecular complexity index is 8520. The summed E-state index contributed by atoms with van der Waals surface area (Å²) in [6, 6.07) is 176. The van der Waals surface area contributed by atoms with Crippen molar-refractivity contribution in [2.45, 2.75) is 32.6 Å². The molecule has 8 heteroatoms. The van der Waals surface area contributed by atoms with E-state index in [-0.39, 0.29) is 11.9 Å². The molecule has 26 rings (SSSR count). The average Bonchev–Trinajstić information content (AvgIpc) is 1.59. The zero-order valence-corrected chi connectivity index (χ0v) is 77.6. The molecule has 2 aliphatic carbocycles. The van der Waals surface area contributed by atoms with Crippen molar-refractivity contribution in [1.82, 2.24) is 18.3 Å². The first-order valence-corrected chi connectivity index (χ1v) is 48.8. The number of hydrogen-bond donors (Lipinski definition) is 0. The highest BCUT2D eigenvalue weighted by Gasteiger charge is 2.45. The van der Waals surface area contributed by atoms with Gasteiger partial charge in [-0.3, -0.25) is 4.79 Å². The lowest BCUT2D eigenvalue weighted by Gasteiger charge is -2.26. The Kier molecular flexibility index (Phi) is 20.5. The summed E-state index contributed by atoms with van der Waals surface area (Å²) in [6.45, 7) is 3.69. The number of fused-ring (bicyclic) bond motifs is 14. The molecule has 1 saturated carbocycles. The predicted octanol–water partition coefficient (Wildman–Crippen LogP) is 34.7. The number of anilines is 6.